The molecule has 0 aliphatic carbocycles. The van der Waals surface area contributed by atoms with Gasteiger partial charge in [0, 0.05) is 0 Å². The molecule has 112 valence electrons. The standard InChI is InChI=1S/C11H6ClN3O6.2Na.2H/c12-7-5(14-8(16)10(18)19)1-4(3-13)2-6(7)15-9(17)11(20)21;;;;/h1-2H,(H,14,16)(H,15,17)(H,18,19)(H,20,21);;;;. The van der Waals surface area contributed by atoms with Gasteiger partial charge in [0.25, 0.3) is 0 Å². The monoisotopic (exact) mass is 359 g/mol. The van der Waals surface area contributed by atoms with Crippen molar-refractivity contribution < 1.29 is 29.4 Å². The van der Waals surface area contributed by atoms with Crippen LogP contribution in [0.25, 0.3) is 0 Å². The van der Waals surface area contributed by atoms with E-state index in [-0.39, 0.29) is 81.1 Å². The Morgan fingerprint density at radius 2 is 1.30 bits per heavy atom. The van der Waals surface area contributed by atoms with Gasteiger partial charge in [-0.2, -0.15) is 5.26 Å². The van der Waals surface area contributed by atoms with Gasteiger partial charge in [0.1, 0.15) is 0 Å². The zero-order chi connectivity index (χ0) is 16.2. The Hall–Kier alpha value is -1.12. The molecule has 0 fully saturated rings. The van der Waals surface area contributed by atoms with Gasteiger partial charge in [-0.05, 0) is 12.1 Å². The maximum atomic E-state index is 11.1. The number of hydrogen-bond donors (Lipinski definition) is 4. The van der Waals surface area contributed by atoms with Crippen LogP contribution in [0.5, 0.6) is 0 Å². The molecule has 0 aromatic heterocycles. The number of halogens is 1. The van der Waals surface area contributed by atoms with Crippen molar-refractivity contribution >= 4 is 106 Å². The van der Waals surface area contributed by atoms with E-state index in [9.17, 15) is 19.2 Å². The second-order valence-corrected chi connectivity index (χ2v) is 3.89. The molecule has 1 aromatic rings. The van der Waals surface area contributed by atoms with Crippen molar-refractivity contribution in [2.24, 2.45) is 0 Å². The summed E-state index contributed by atoms with van der Waals surface area (Å²) >= 11 is 5.81. The summed E-state index contributed by atoms with van der Waals surface area (Å²) in [6, 6.07) is 3.82. The first-order valence-corrected chi connectivity index (χ1v) is 5.46. The zero-order valence-corrected chi connectivity index (χ0v) is 10.8. The minimum absolute atomic E-state index is 0. The summed E-state index contributed by atoms with van der Waals surface area (Å²) < 4.78 is 0. The van der Waals surface area contributed by atoms with E-state index in [1.807, 2.05) is 10.6 Å². The van der Waals surface area contributed by atoms with Crippen LogP contribution in [0, 0.1) is 11.3 Å². The third-order valence-electron chi connectivity index (χ3n) is 2.09. The third kappa shape index (κ3) is 6.88. The molecule has 4 N–H and O–H groups in total. The number of nitriles is 1. The van der Waals surface area contributed by atoms with E-state index in [1.165, 1.54) is 0 Å². The Kier molecular flexibility index (Phi) is 11.1. The van der Waals surface area contributed by atoms with E-state index in [4.69, 9.17) is 27.1 Å². The number of nitrogens with one attached hydrogen (secondary N) is 2. The fourth-order valence-corrected chi connectivity index (χ4v) is 1.43. The van der Waals surface area contributed by atoms with Crippen molar-refractivity contribution in [2.75, 3.05) is 10.6 Å². The van der Waals surface area contributed by atoms with Crippen LogP contribution in [0.3, 0.4) is 0 Å². The van der Waals surface area contributed by atoms with Gasteiger partial charge in [-0.3, -0.25) is 9.59 Å². The first-order chi connectivity index (χ1) is 9.76. The molecule has 12 heteroatoms. The van der Waals surface area contributed by atoms with Crippen LogP contribution in [0.1, 0.15) is 5.56 Å². The van der Waals surface area contributed by atoms with Gasteiger partial charge in [0.15, 0.2) is 0 Å². The fourth-order valence-electron chi connectivity index (χ4n) is 1.22. The molecule has 0 radical (unpaired) electrons. The number of rotatable bonds is 2. The number of hydrogen-bond acceptors (Lipinski definition) is 5. The Labute approximate surface area is 178 Å². The summed E-state index contributed by atoms with van der Waals surface area (Å²) in [4.78, 5) is 43.1. The molecule has 0 saturated carbocycles. The van der Waals surface area contributed by atoms with Crippen LogP contribution in [0.2, 0.25) is 5.02 Å². The first-order valence-electron chi connectivity index (χ1n) is 5.08. The van der Waals surface area contributed by atoms with Crippen LogP contribution in [-0.2, 0) is 19.2 Å². The van der Waals surface area contributed by atoms with Crippen molar-refractivity contribution in [1.29, 1.82) is 5.26 Å². The SMILES string of the molecule is N#Cc1cc(NC(=O)C(=O)O)c(Cl)c(NC(=O)C(=O)O)c1.[NaH].[NaH]. The predicted molar refractivity (Wildman–Crippen MR) is 83.0 cm³/mol. The van der Waals surface area contributed by atoms with Crippen LogP contribution >= 0.6 is 11.6 Å². The van der Waals surface area contributed by atoms with Crippen molar-refractivity contribution in [3.05, 3.63) is 22.7 Å². The van der Waals surface area contributed by atoms with Gasteiger partial charge >= 0.3 is 82.9 Å². The van der Waals surface area contributed by atoms with E-state index in [2.05, 4.69) is 0 Å². The van der Waals surface area contributed by atoms with Crippen LogP contribution in [0.4, 0.5) is 11.4 Å². The number of amides is 2. The summed E-state index contributed by atoms with van der Waals surface area (Å²) in [7, 11) is 0. The molecule has 9 nitrogen and oxygen atoms in total. The summed E-state index contributed by atoms with van der Waals surface area (Å²) in [5.41, 5.74) is -0.603. The molecule has 1 aromatic carbocycles. The Morgan fingerprint density at radius 3 is 1.57 bits per heavy atom. The summed E-state index contributed by atoms with van der Waals surface area (Å²) in [6.07, 6.45) is 0. The Balaban J connectivity index is 0. The molecular weight excluding hydrogens is 352 g/mol. The number of carboxylic acids is 2. The second kappa shape index (κ2) is 10.6. The number of aliphatic carboxylic acids is 2. The van der Waals surface area contributed by atoms with Crippen LogP contribution < -0.4 is 10.6 Å². The van der Waals surface area contributed by atoms with Gasteiger partial charge in [-0.1, -0.05) is 11.6 Å². The number of carbonyl (C=O) groups excluding carboxylic acids is 2. The fraction of sp³-hybridized carbons (Fsp3) is 0. The first kappa shape index (κ1) is 24.1. The quantitative estimate of drug-likeness (QED) is 0.388. The topological polar surface area (TPSA) is 157 Å². The average Bonchev–Trinajstić information content (AvgIpc) is 2.42. The molecule has 0 aliphatic heterocycles. The molecule has 23 heavy (non-hydrogen) atoms. The average molecular weight is 360 g/mol. The number of benzene rings is 1. The molecule has 1 rings (SSSR count). The number of carbonyl (C=O) groups is 4. The number of carboxylic acid groups (broad SMARTS) is 2. The second-order valence-electron chi connectivity index (χ2n) is 3.52. The van der Waals surface area contributed by atoms with Crippen molar-refractivity contribution in [2.45, 2.75) is 0 Å². The molecule has 0 unspecified atom stereocenters. The molecule has 0 heterocycles. The maximum absolute atomic E-state index is 11.1. The predicted octanol–water partition coefficient (Wildman–Crippen LogP) is -1.04. The van der Waals surface area contributed by atoms with Crippen molar-refractivity contribution in [1.82, 2.24) is 0 Å². The van der Waals surface area contributed by atoms with Gasteiger partial charge < -0.3 is 20.8 Å². The third-order valence-corrected chi connectivity index (χ3v) is 2.49. The van der Waals surface area contributed by atoms with Crippen LogP contribution in [0.15, 0.2) is 12.1 Å². The molecule has 0 bridgehead atoms. The van der Waals surface area contributed by atoms with Gasteiger partial charge in [0.2, 0.25) is 0 Å². The van der Waals surface area contributed by atoms with E-state index in [0.29, 0.717) is 0 Å². The molecule has 2 amide bonds. The van der Waals surface area contributed by atoms with E-state index in [0.717, 1.165) is 12.1 Å². The van der Waals surface area contributed by atoms with Crippen molar-refractivity contribution in [3.8, 4) is 6.07 Å². The van der Waals surface area contributed by atoms with Crippen molar-refractivity contribution in [3.63, 3.8) is 0 Å². The number of nitrogens with zero attached hydrogens (tertiary/aromatic N) is 1. The number of anilines is 2. The minimum atomic E-state index is -1.79. The molecule has 0 atom stereocenters. The zero-order valence-electron chi connectivity index (χ0n) is 10.0. The van der Waals surface area contributed by atoms with Gasteiger partial charge in [0.05, 0.1) is 28.0 Å². The Bertz CT molecular complexity index is 654. The van der Waals surface area contributed by atoms with Gasteiger partial charge in [-0.15, -0.1) is 0 Å². The van der Waals surface area contributed by atoms with E-state index >= 15 is 0 Å². The molecular formula is C11H8ClN3Na2O6. The Morgan fingerprint density at radius 1 is 0.957 bits per heavy atom. The molecule has 0 spiro atoms. The van der Waals surface area contributed by atoms with E-state index in [1.54, 1.807) is 6.07 Å². The molecule has 0 saturated heterocycles. The summed E-state index contributed by atoms with van der Waals surface area (Å²) in [5.74, 6) is -6.40. The summed E-state index contributed by atoms with van der Waals surface area (Å²) in [5, 5.41) is 29.3. The van der Waals surface area contributed by atoms with E-state index < -0.39 is 23.8 Å². The van der Waals surface area contributed by atoms with Crippen LogP contribution in [-0.4, -0.2) is 93.1 Å². The molecule has 0 aliphatic rings. The summed E-state index contributed by atoms with van der Waals surface area (Å²) in [6.45, 7) is 0. The van der Waals surface area contributed by atoms with Gasteiger partial charge in [-0.25, -0.2) is 9.59 Å². The normalized spacial score (nSPS) is 8.52.